The molecule has 1 amide bonds. The molecule has 1 heterocycles. The Kier molecular flexibility index (Phi) is 9.05. The smallest absolute Gasteiger partial charge is 0.230 e. The molecule has 0 atom stereocenters. The lowest BCUT2D eigenvalue weighted by Crippen LogP contribution is -2.33. The van der Waals surface area contributed by atoms with Crippen molar-refractivity contribution in [3.63, 3.8) is 0 Å². The summed E-state index contributed by atoms with van der Waals surface area (Å²) in [6.07, 6.45) is 1.77. The van der Waals surface area contributed by atoms with Crippen LogP contribution in [0.25, 0.3) is 0 Å². The summed E-state index contributed by atoms with van der Waals surface area (Å²) in [6.45, 7) is 2.90. The van der Waals surface area contributed by atoms with Crippen LogP contribution in [0.2, 0.25) is 0 Å². The van der Waals surface area contributed by atoms with Gasteiger partial charge in [0.05, 0.1) is 18.1 Å². The molecule has 2 N–H and O–H groups in total. The number of nitrogens with one attached hydrogen (secondary N) is 2. The number of carbonyl (C=O) groups excluding carboxylic acids is 1. The number of rotatable bonds is 10. The van der Waals surface area contributed by atoms with Crippen molar-refractivity contribution in [1.82, 2.24) is 15.6 Å². The van der Waals surface area contributed by atoms with Crippen LogP contribution < -0.4 is 10.6 Å². The molecular formula is C13H21N3O2S. The van der Waals surface area contributed by atoms with Crippen molar-refractivity contribution in [3.8, 4) is 0 Å². The highest BCUT2D eigenvalue weighted by Gasteiger charge is 2.01. The zero-order valence-corrected chi connectivity index (χ0v) is 12.0. The fourth-order valence-corrected chi connectivity index (χ4v) is 2.14. The van der Waals surface area contributed by atoms with Gasteiger partial charge in [0.2, 0.25) is 5.91 Å². The van der Waals surface area contributed by atoms with E-state index in [0.717, 1.165) is 24.5 Å². The molecule has 5 nitrogen and oxygen atoms in total. The maximum absolute atomic E-state index is 11.5. The van der Waals surface area contributed by atoms with Gasteiger partial charge in [-0.2, -0.15) is 0 Å². The van der Waals surface area contributed by atoms with E-state index in [1.807, 2.05) is 18.2 Å². The summed E-state index contributed by atoms with van der Waals surface area (Å²) in [6, 6.07) is 5.80. The van der Waals surface area contributed by atoms with Gasteiger partial charge in [-0.3, -0.25) is 9.78 Å². The minimum Gasteiger partial charge on any atom is -0.383 e. The number of thioether (sulfide) groups is 1. The molecule has 6 heteroatoms. The maximum atomic E-state index is 11.5. The predicted octanol–water partition coefficient (Wildman–Crippen LogP) is 0.667. The maximum Gasteiger partial charge on any atom is 0.230 e. The fourth-order valence-electron chi connectivity index (χ4n) is 1.37. The van der Waals surface area contributed by atoms with Crippen LogP contribution in [0.1, 0.15) is 5.69 Å². The average molecular weight is 283 g/mol. The Morgan fingerprint density at radius 1 is 1.37 bits per heavy atom. The first kappa shape index (κ1) is 15.9. The van der Waals surface area contributed by atoms with E-state index in [2.05, 4.69) is 15.6 Å². The Morgan fingerprint density at radius 2 is 2.26 bits per heavy atom. The van der Waals surface area contributed by atoms with E-state index in [-0.39, 0.29) is 5.91 Å². The Hall–Kier alpha value is -1.11. The van der Waals surface area contributed by atoms with Crippen molar-refractivity contribution in [3.05, 3.63) is 30.1 Å². The van der Waals surface area contributed by atoms with E-state index in [0.29, 0.717) is 18.9 Å². The zero-order chi connectivity index (χ0) is 13.8. The van der Waals surface area contributed by atoms with E-state index in [1.54, 1.807) is 25.1 Å². The summed E-state index contributed by atoms with van der Waals surface area (Å²) in [5.74, 6) is 1.30. The molecule has 1 aromatic rings. The van der Waals surface area contributed by atoms with Gasteiger partial charge in [0.1, 0.15) is 0 Å². The van der Waals surface area contributed by atoms with Gasteiger partial charge in [-0.05, 0) is 12.1 Å². The van der Waals surface area contributed by atoms with Gasteiger partial charge in [-0.1, -0.05) is 6.07 Å². The van der Waals surface area contributed by atoms with Crippen molar-refractivity contribution in [1.29, 1.82) is 0 Å². The molecule has 0 bridgehead atoms. The number of hydrogen-bond donors (Lipinski definition) is 2. The molecule has 0 aromatic carbocycles. The normalized spacial score (nSPS) is 10.4. The van der Waals surface area contributed by atoms with E-state index < -0.39 is 0 Å². The van der Waals surface area contributed by atoms with Gasteiger partial charge >= 0.3 is 0 Å². The third kappa shape index (κ3) is 8.58. The topological polar surface area (TPSA) is 63.2 Å². The molecule has 0 saturated carbocycles. The number of methoxy groups -OCH3 is 1. The molecule has 1 aromatic heterocycles. The summed E-state index contributed by atoms with van der Waals surface area (Å²) in [5, 5.41) is 6.03. The van der Waals surface area contributed by atoms with Gasteiger partial charge < -0.3 is 15.4 Å². The first-order valence-corrected chi connectivity index (χ1v) is 7.42. The Morgan fingerprint density at radius 3 is 3.00 bits per heavy atom. The molecule has 0 aliphatic rings. The highest BCUT2D eigenvalue weighted by atomic mass is 32.2. The molecule has 106 valence electrons. The van der Waals surface area contributed by atoms with Gasteiger partial charge in [0.25, 0.3) is 0 Å². The van der Waals surface area contributed by atoms with Crippen LogP contribution in [0, 0.1) is 0 Å². The standard InChI is InChI=1S/C13H21N3O2S/c1-18-9-8-14-6-7-16-13(17)11-19-10-12-4-2-3-5-15-12/h2-5,14H,6-11H2,1H3,(H,16,17). The third-order valence-electron chi connectivity index (χ3n) is 2.32. The molecule has 0 spiro atoms. The number of aromatic nitrogens is 1. The van der Waals surface area contributed by atoms with Crippen molar-refractivity contribution in [2.75, 3.05) is 39.1 Å². The molecular weight excluding hydrogens is 262 g/mol. The number of ether oxygens (including phenoxy) is 1. The minimum absolute atomic E-state index is 0.0643. The molecule has 0 radical (unpaired) electrons. The monoisotopic (exact) mass is 283 g/mol. The van der Waals surface area contributed by atoms with Crippen LogP contribution in [0.15, 0.2) is 24.4 Å². The largest absolute Gasteiger partial charge is 0.383 e. The van der Waals surface area contributed by atoms with Crippen LogP contribution in [0.3, 0.4) is 0 Å². The first-order chi connectivity index (χ1) is 9.33. The number of nitrogens with zero attached hydrogens (tertiary/aromatic N) is 1. The van der Waals surface area contributed by atoms with Crippen molar-refractivity contribution in [2.24, 2.45) is 0 Å². The first-order valence-electron chi connectivity index (χ1n) is 6.27. The van der Waals surface area contributed by atoms with Crippen LogP contribution in [0.4, 0.5) is 0 Å². The lowest BCUT2D eigenvalue weighted by atomic mass is 10.4. The second-order valence-corrected chi connectivity index (χ2v) is 4.89. The number of carbonyl (C=O) groups is 1. The molecule has 19 heavy (non-hydrogen) atoms. The van der Waals surface area contributed by atoms with Crippen LogP contribution in [0.5, 0.6) is 0 Å². The molecule has 0 fully saturated rings. The summed E-state index contributed by atoms with van der Waals surface area (Å²) in [5.41, 5.74) is 1.00. The predicted molar refractivity (Wildman–Crippen MR) is 78.2 cm³/mol. The summed E-state index contributed by atoms with van der Waals surface area (Å²) < 4.78 is 4.91. The van der Waals surface area contributed by atoms with E-state index in [1.165, 1.54) is 0 Å². The van der Waals surface area contributed by atoms with Crippen LogP contribution in [-0.2, 0) is 15.3 Å². The lowest BCUT2D eigenvalue weighted by molar-refractivity contribution is -0.118. The number of pyridine rings is 1. The quantitative estimate of drug-likeness (QED) is 0.618. The zero-order valence-electron chi connectivity index (χ0n) is 11.2. The average Bonchev–Trinajstić information content (AvgIpc) is 2.44. The highest BCUT2D eigenvalue weighted by molar-refractivity contribution is 7.99. The number of hydrogen-bond acceptors (Lipinski definition) is 5. The van der Waals surface area contributed by atoms with Crippen LogP contribution in [-0.4, -0.2) is 50.0 Å². The second-order valence-electron chi connectivity index (χ2n) is 3.91. The summed E-state index contributed by atoms with van der Waals surface area (Å²) in [7, 11) is 1.67. The van der Waals surface area contributed by atoms with E-state index in [4.69, 9.17) is 4.74 Å². The molecule has 0 aliphatic carbocycles. The van der Waals surface area contributed by atoms with Crippen molar-refractivity contribution >= 4 is 17.7 Å². The molecule has 0 aliphatic heterocycles. The highest BCUT2D eigenvalue weighted by Crippen LogP contribution is 2.08. The summed E-state index contributed by atoms with van der Waals surface area (Å²) in [4.78, 5) is 15.7. The Balaban J connectivity index is 1.96. The van der Waals surface area contributed by atoms with Gasteiger partial charge in [0.15, 0.2) is 0 Å². The second kappa shape index (κ2) is 10.8. The Labute approximate surface area is 118 Å². The van der Waals surface area contributed by atoms with Gasteiger partial charge in [-0.15, -0.1) is 11.8 Å². The lowest BCUT2D eigenvalue weighted by Gasteiger charge is -2.06. The SMILES string of the molecule is COCCNCCNC(=O)CSCc1ccccn1. The molecule has 0 unspecified atom stereocenters. The molecule has 1 rings (SSSR count). The number of amides is 1. The van der Waals surface area contributed by atoms with Gasteiger partial charge in [-0.25, -0.2) is 0 Å². The van der Waals surface area contributed by atoms with Crippen LogP contribution >= 0.6 is 11.8 Å². The van der Waals surface area contributed by atoms with E-state index in [9.17, 15) is 4.79 Å². The Bertz CT molecular complexity index is 349. The fraction of sp³-hybridized carbons (Fsp3) is 0.538. The van der Waals surface area contributed by atoms with Crippen molar-refractivity contribution in [2.45, 2.75) is 5.75 Å². The minimum atomic E-state index is 0.0643. The molecule has 0 saturated heterocycles. The summed E-state index contributed by atoms with van der Waals surface area (Å²) >= 11 is 1.57. The third-order valence-corrected chi connectivity index (χ3v) is 3.28. The van der Waals surface area contributed by atoms with Gasteiger partial charge in [0, 0.05) is 38.7 Å². The van der Waals surface area contributed by atoms with Crippen molar-refractivity contribution < 1.29 is 9.53 Å². The van der Waals surface area contributed by atoms with E-state index >= 15 is 0 Å².